The van der Waals surface area contributed by atoms with Crippen molar-refractivity contribution in [3.05, 3.63) is 87.9 Å². The number of hydrogen-bond donors (Lipinski definition) is 1. The zero-order chi connectivity index (χ0) is 21.6. The molecule has 0 fully saturated rings. The minimum atomic E-state index is -3.77. The van der Waals surface area contributed by atoms with Crippen molar-refractivity contribution in [3.63, 3.8) is 0 Å². The lowest BCUT2D eigenvalue weighted by molar-refractivity contribution is 0.284. The minimum Gasteiger partial charge on any atom is -0.493 e. The molecule has 0 saturated heterocycles. The van der Waals surface area contributed by atoms with Crippen molar-refractivity contribution in [2.75, 3.05) is 7.11 Å². The van der Waals surface area contributed by atoms with E-state index in [2.05, 4.69) is 9.93 Å². The number of nitrogens with zero attached hydrogens (tertiary/aromatic N) is 1. The Hall–Kier alpha value is -2.74. The van der Waals surface area contributed by atoms with Gasteiger partial charge in [0.2, 0.25) is 0 Å². The molecular formula is C21H18Cl2N2O4S. The van der Waals surface area contributed by atoms with Gasteiger partial charge in [-0.1, -0.05) is 53.5 Å². The number of halogens is 2. The summed E-state index contributed by atoms with van der Waals surface area (Å²) < 4.78 is 35.9. The molecule has 3 aromatic carbocycles. The smallest absolute Gasteiger partial charge is 0.276 e. The molecule has 0 atom stereocenters. The average Bonchev–Trinajstić information content (AvgIpc) is 2.75. The van der Waals surface area contributed by atoms with E-state index in [1.54, 1.807) is 54.6 Å². The van der Waals surface area contributed by atoms with Crippen molar-refractivity contribution in [2.45, 2.75) is 11.5 Å². The molecule has 3 aromatic rings. The molecule has 0 saturated carbocycles. The molecule has 6 nitrogen and oxygen atoms in total. The van der Waals surface area contributed by atoms with Crippen LogP contribution in [0.5, 0.6) is 11.5 Å². The van der Waals surface area contributed by atoms with Crippen LogP contribution in [0, 0.1) is 0 Å². The first-order chi connectivity index (χ1) is 14.4. The van der Waals surface area contributed by atoms with E-state index in [9.17, 15) is 8.42 Å². The van der Waals surface area contributed by atoms with Crippen LogP contribution < -0.4 is 14.3 Å². The SMILES string of the molecule is COc1cccc(/C=N\NS(=O)(=O)c2ccccc2)c1OCc1ccc(Cl)c(Cl)c1. The number of rotatable bonds is 8. The van der Waals surface area contributed by atoms with Crippen LogP contribution in [0.4, 0.5) is 0 Å². The number of nitrogens with one attached hydrogen (secondary N) is 1. The first kappa shape index (κ1) is 22.0. The number of hydrogen-bond acceptors (Lipinski definition) is 5. The molecule has 0 amide bonds. The highest BCUT2D eigenvalue weighted by Crippen LogP contribution is 2.31. The Morgan fingerprint density at radius 2 is 1.77 bits per heavy atom. The predicted molar refractivity (Wildman–Crippen MR) is 118 cm³/mol. The quantitative estimate of drug-likeness (QED) is 0.380. The number of para-hydroxylation sites is 1. The molecule has 0 aromatic heterocycles. The molecule has 0 bridgehead atoms. The highest BCUT2D eigenvalue weighted by Gasteiger charge is 2.13. The number of ether oxygens (including phenoxy) is 2. The van der Waals surface area contributed by atoms with E-state index in [-0.39, 0.29) is 11.5 Å². The number of sulfonamides is 1. The van der Waals surface area contributed by atoms with Crippen LogP contribution in [0.3, 0.4) is 0 Å². The lowest BCUT2D eigenvalue weighted by atomic mass is 10.2. The van der Waals surface area contributed by atoms with Gasteiger partial charge in [-0.25, -0.2) is 4.83 Å². The zero-order valence-corrected chi connectivity index (χ0v) is 18.2. The largest absolute Gasteiger partial charge is 0.493 e. The van der Waals surface area contributed by atoms with E-state index < -0.39 is 10.0 Å². The van der Waals surface area contributed by atoms with Crippen molar-refractivity contribution in [2.24, 2.45) is 5.10 Å². The Morgan fingerprint density at radius 1 is 1.00 bits per heavy atom. The third-order valence-corrected chi connectivity index (χ3v) is 6.00. The summed E-state index contributed by atoms with van der Waals surface area (Å²) in [7, 11) is -2.26. The van der Waals surface area contributed by atoms with Gasteiger partial charge in [-0.05, 0) is 42.0 Å². The summed E-state index contributed by atoms with van der Waals surface area (Å²) in [4.78, 5) is 2.30. The van der Waals surface area contributed by atoms with Crippen LogP contribution in [-0.2, 0) is 16.6 Å². The Kier molecular flexibility index (Phi) is 7.20. The van der Waals surface area contributed by atoms with E-state index in [4.69, 9.17) is 32.7 Å². The van der Waals surface area contributed by atoms with Gasteiger partial charge >= 0.3 is 0 Å². The van der Waals surface area contributed by atoms with Gasteiger partial charge in [0, 0.05) is 5.56 Å². The van der Waals surface area contributed by atoms with Gasteiger partial charge in [-0.15, -0.1) is 0 Å². The van der Waals surface area contributed by atoms with Crippen LogP contribution in [-0.4, -0.2) is 21.7 Å². The van der Waals surface area contributed by atoms with Gasteiger partial charge in [0.25, 0.3) is 10.0 Å². The van der Waals surface area contributed by atoms with Gasteiger partial charge < -0.3 is 9.47 Å². The molecular weight excluding hydrogens is 447 g/mol. The Balaban J connectivity index is 1.79. The molecule has 0 heterocycles. The molecule has 0 aliphatic heterocycles. The third kappa shape index (κ3) is 5.44. The minimum absolute atomic E-state index is 0.115. The van der Waals surface area contributed by atoms with Crippen molar-refractivity contribution in [1.82, 2.24) is 4.83 Å². The van der Waals surface area contributed by atoms with Gasteiger partial charge in [0.05, 0.1) is 28.3 Å². The summed E-state index contributed by atoms with van der Waals surface area (Å²) in [5.41, 5.74) is 1.34. The summed E-state index contributed by atoms with van der Waals surface area (Å²) in [6.45, 7) is 0.202. The highest BCUT2D eigenvalue weighted by molar-refractivity contribution is 7.89. The second-order valence-corrected chi connectivity index (χ2v) is 8.56. The molecule has 1 N–H and O–H groups in total. The summed E-state index contributed by atoms with van der Waals surface area (Å²) in [6.07, 6.45) is 1.35. The fraction of sp³-hybridized carbons (Fsp3) is 0.0952. The Bertz CT molecular complexity index is 1150. The standard InChI is InChI=1S/C21H18Cl2N2O4S/c1-28-20-9-5-6-16(13-24-25-30(26,27)17-7-3-2-4-8-17)21(20)29-14-15-10-11-18(22)19(23)12-15/h2-13,25H,14H2,1H3/b24-13-. The van der Waals surface area contributed by atoms with Crippen LogP contribution >= 0.6 is 23.2 Å². The average molecular weight is 465 g/mol. The summed E-state index contributed by atoms with van der Waals surface area (Å²) in [5.74, 6) is 0.888. The fourth-order valence-corrected chi connectivity index (χ4v) is 3.69. The zero-order valence-electron chi connectivity index (χ0n) is 15.9. The molecule has 0 unspecified atom stereocenters. The van der Waals surface area contributed by atoms with E-state index >= 15 is 0 Å². The normalized spacial score (nSPS) is 11.4. The molecule has 156 valence electrons. The van der Waals surface area contributed by atoms with Crippen molar-refractivity contribution < 1.29 is 17.9 Å². The number of benzene rings is 3. The molecule has 30 heavy (non-hydrogen) atoms. The van der Waals surface area contributed by atoms with Crippen molar-refractivity contribution in [3.8, 4) is 11.5 Å². The van der Waals surface area contributed by atoms with Gasteiger partial charge in [-0.3, -0.25) is 0 Å². The molecule has 0 spiro atoms. The van der Waals surface area contributed by atoms with E-state index in [1.807, 2.05) is 0 Å². The summed E-state index contributed by atoms with van der Waals surface area (Å²) in [5, 5.41) is 4.75. The maximum atomic E-state index is 12.3. The van der Waals surface area contributed by atoms with E-state index in [0.717, 1.165) is 5.56 Å². The second-order valence-electron chi connectivity index (χ2n) is 6.08. The lowest BCUT2D eigenvalue weighted by Gasteiger charge is -2.13. The van der Waals surface area contributed by atoms with Crippen LogP contribution in [0.25, 0.3) is 0 Å². The van der Waals surface area contributed by atoms with Gasteiger partial charge in [0.1, 0.15) is 6.61 Å². The first-order valence-corrected chi connectivity index (χ1v) is 11.0. The Morgan fingerprint density at radius 3 is 2.47 bits per heavy atom. The summed E-state index contributed by atoms with van der Waals surface area (Å²) >= 11 is 12.0. The topological polar surface area (TPSA) is 77.0 Å². The maximum absolute atomic E-state index is 12.3. The molecule has 0 aliphatic rings. The van der Waals surface area contributed by atoms with Gasteiger partial charge in [-0.2, -0.15) is 13.5 Å². The van der Waals surface area contributed by atoms with E-state index in [1.165, 1.54) is 25.5 Å². The molecule has 0 radical (unpaired) electrons. The molecule has 9 heteroatoms. The lowest BCUT2D eigenvalue weighted by Crippen LogP contribution is -2.18. The first-order valence-electron chi connectivity index (χ1n) is 8.74. The second kappa shape index (κ2) is 9.84. The maximum Gasteiger partial charge on any atom is 0.276 e. The van der Waals surface area contributed by atoms with Gasteiger partial charge in [0.15, 0.2) is 11.5 Å². The fourth-order valence-electron chi connectivity index (χ4n) is 2.55. The highest BCUT2D eigenvalue weighted by atomic mass is 35.5. The number of hydrazone groups is 1. The summed E-state index contributed by atoms with van der Waals surface area (Å²) in [6, 6.07) is 18.4. The third-order valence-electron chi connectivity index (χ3n) is 4.03. The monoisotopic (exact) mass is 464 g/mol. The molecule has 3 rings (SSSR count). The van der Waals surface area contributed by atoms with Crippen molar-refractivity contribution >= 4 is 39.4 Å². The number of methoxy groups -OCH3 is 1. The van der Waals surface area contributed by atoms with Crippen molar-refractivity contribution in [1.29, 1.82) is 0 Å². The van der Waals surface area contributed by atoms with Crippen LogP contribution in [0.15, 0.2) is 76.7 Å². The molecule has 0 aliphatic carbocycles. The van der Waals surface area contributed by atoms with Crippen LogP contribution in [0.2, 0.25) is 10.0 Å². The Labute approximate surface area is 185 Å². The van der Waals surface area contributed by atoms with Crippen LogP contribution in [0.1, 0.15) is 11.1 Å². The van der Waals surface area contributed by atoms with E-state index in [0.29, 0.717) is 27.1 Å². The predicted octanol–water partition coefficient (Wildman–Crippen LogP) is 4.89.